The van der Waals surface area contributed by atoms with Crippen molar-refractivity contribution >= 4 is 17.3 Å². The Morgan fingerprint density at radius 2 is 1.80 bits per heavy atom. The van der Waals surface area contributed by atoms with E-state index < -0.39 is 22.7 Å². The highest BCUT2D eigenvalue weighted by molar-refractivity contribution is 6.04. The van der Waals surface area contributed by atoms with Gasteiger partial charge in [0, 0.05) is 29.4 Å². The molecule has 0 aliphatic heterocycles. The van der Waals surface area contributed by atoms with E-state index in [0.717, 1.165) is 6.07 Å². The summed E-state index contributed by atoms with van der Waals surface area (Å²) in [7, 11) is 0. The molecular formula is C19H13F3N4O4. The number of nitrogens with zero attached hydrogens (tertiary/aromatic N) is 3. The number of amides is 1. The fourth-order valence-corrected chi connectivity index (χ4v) is 2.43. The maximum Gasteiger partial charge on any atom is 0.433 e. The number of aryl methyl sites for hydroxylation is 1. The van der Waals surface area contributed by atoms with Crippen molar-refractivity contribution in [3.8, 4) is 11.6 Å². The summed E-state index contributed by atoms with van der Waals surface area (Å²) >= 11 is 0. The topological polar surface area (TPSA) is 107 Å². The Kier molecular flexibility index (Phi) is 5.63. The second kappa shape index (κ2) is 8.15. The van der Waals surface area contributed by atoms with Gasteiger partial charge in [0.2, 0.25) is 5.88 Å². The smallest absolute Gasteiger partial charge is 0.433 e. The van der Waals surface area contributed by atoms with Crippen molar-refractivity contribution in [2.75, 3.05) is 5.32 Å². The summed E-state index contributed by atoms with van der Waals surface area (Å²) < 4.78 is 43.9. The Morgan fingerprint density at radius 3 is 2.43 bits per heavy atom. The van der Waals surface area contributed by atoms with Crippen LogP contribution in [0.1, 0.15) is 21.9 Å². The first-order valence-electron chi connectivity index (χ1n) is 8.38. The van der Waals surface area contributed by atoms with Crippen LogP contribution < -0.4 is 10.1 Å². The monoisotopic (exact) mass is 418 g/mol. The van der Waals surface area contributed by atoms with Gasteiger partial charge in [-0.1, -0.05) is 6.07 Å². The summed E-state index contributed by atoms with van der Waals surface area (Å²) in [5.41, 5.74) is -0.884. The van der Waals surface area contributed by atoms with E-state index in [-0.39, 0.29) is 28.7 Å². The van der Waals surface area contributed by atoms with Gasteiger partial charge >= 0.3 is 6.18 Å². The third-order valence-corrected chi connectivity index (χ3v) is 3.76. The fourth-order valence-electron chi connectivity index (χ4n) is 2.43. The summed E-state index contributed by atoms with van der Waals surface area (Å²) in [4.78, 5) is 29.6. The molecule has 0 spiro atoms. The minimum atomic E-state index is -4.63. The van der Waals surface area contributed by atoms with Gasteiger partial charge in [-0.2, -0.15) is 18.2 Å². The Hall–Kier alpha value is -4.02. The quantitative estimate of drug-likeness (QED) is 0.473. The summed E-state index contributed by atoms with van der Waals surface area (Å²) in [5.74, 6) is -0.743. The third-order valence-electron chi connectivity index (χ3n) is 3.76. The van der Waals surface area contributed by atoms with Crippen molar-refractivity contribution in [2.45, 2.75) is 13.1 Å². The molecule has 2 aromatic carbocycles. The molecule has 0 radical (unpaired) electrons. The van der Waals surface area contributed by atoms with Gasteiger partial charge in [-0.05, 0) is 37.3 Å². The number of carbonyl (C=O) groups excluding carboxylic acids is 1. The van der Waals surface area contributed by atoms with Crippen LogP contribution in [0.2, 0.25) is 0 Å². The van der Waals surface area contributed by atoms with E-state index >= 15 is 0 Å². The number of nitro groups is 1. The highest BCUT2D eigenvalue weighted by atomic mass is 19.4. The number of ether oxygens (including phenoxy) is 1. The van der Waals surface area contributed by atoms with Crippen molar-refractivity contribution < 1.29 is 27.6 Å². The molecule has 0 saturated carbocycles. The summed E-state index contributed by atoms with van der Waals surface area (Å²) in [6.45, 7) is 1.31. The first-order valence-corrected chi connectivity index (χ1v) is 8.38. The molecule has 11 heteroatoms. The van der Waals surface area contributed by atoms with E-state index in [9.17, 15) is 28.1 Å². The predicted molar refractivity (Wildman–Crippen MR) is 99.3 cm³/mol. The lowest BCUT2D eigenvalue weighted by molar-refractivity contribution is -0.384. The van der Waals surface area contributed by atoms with Crippen molar-refractivity contribution in [2.24, 2.45) is 0 Å². The Bertz CT molecular complexity index is 1100. The zero-order valence-corrected chi connectivity index (χ0v) is 15.3. The highest BCUT2D eigenvalue weighted by Crippen LogP contribution is 2.31. The lowest BCUT2D eigenvalue weighted by Crippen LogP contribution is -2.12. The third kappa shape index (κ3) is 5.07. The molecule has 0 aliphatic rings. The zero-order valence-electron chi connectivity index (χ0n) is 15.3. The Balaban J connectivity index is 1.71. The molecule has 1 heterocycles. The van der Waals surface area contributed by atoms with Gasteiger partial charge in [0.1, 0.15) is 11.6 Å². The summed E-state index contributed by atoms with van der Waals surface area (Å²) in [5, 5.41) is 13.4. The van der Waals surface area contributed by atoms with Gasteiger partial charge in [0.15, 0.2) is 5.69 Å². The van der Waals surface area contributed by atoms with E-state index in [1.807, 2.05) is 0 Å². The molecule has 30 heavy (non-hydrogen) atoms. The second-order valence-corrected chi connectivity index (χ2v) is 6.02. The van der Waals surface area contributed by atoms with Gasteiger partial charge in [-0.15, -0.1) is 0 Å². The summed E-state index contributed by atoms with van der Waals surface area (Å²) in [6.07, 6.45) is -4.63. The molecule has 0 fully saturated rings. The van der Waals surface area contributed by atoms with Gasteiger partial charge in [0.05, 0.1) is 4.92 Å². The molecule has 8 nitrogen and oxygen atoms in total. The van der Waals surface area contributed by atoms with E-state index in [1.165, 1.54) is 49.4 Å². The molecule has 0 bridgehead atoms. The number of aromatic nitrogens is 2. The Morgan fingerprint density at radius 1 is 1.10 bits per heavy atom. The molecule has 154 valence electrons. The summed E-state index contributed by atoms with van der Waals surface area (Å²) in [6, 6.07) is 11.7. The molecule has 1 N–H and O–H groups in total. The maximum atomic E-state index is 12.8. The number of rotatable bonds is 5. The highest BCUT2D eigenvalue weighted by Gasteiger charge is 2.33. The largest absolute Gasteiger partial charge is 0.439 e. The molecule has 0 aliphatic carbocycles. The van der Waals surface area contributed by atoms with Gasteiger partial charge < -0.3 is 10.1 Å². The van der Waals surface area contributed by atoms with Crippen molar-refractivity contribution in [3.05, 3.63) is 81.8 Å². The SMILES string of the molecule is Cc1nc(Oc2ccc(NC(=O)c3cccc([N+](=O)[O-])c3)cc2)cc(C(F)(F)F)n1. The van der Waals surface area contributed by atoms with E-state index in [4.69, 9.17) is 4.74 Å². The molecule has 3 aromatic rings. The zero-order chi connectivity index (χ0) is 21.9. The van der Waals surface area contributed by atoms with E-state index in [0.29, 0.717) is 11.8 Å². The number of nitro benzene ring substituents is 1. The number of nitrogens with one attached hydrogen (secondary N) is 1. The van der Waals surface area contributed by atoms with Crippen LogP contribution in [0.3, 0.4) is 0 Å². The number of alkyl halides is 3. The molecule has 0 saturated heterocycles. The number of benzene rings is 2. The molecular weight excluding hydrogens is 405 g/mol. The van der Waals surface area contributed by atoms with Crippen molar-refractivity contribution in [1.82, 2.24) is 9.97 Å². The minimum Gasteiger partial charge on any atom is -0.439 e. The van der Waals surface area contributed by atoms with Crippen molar-refractivity contribution in [3.63, 3.8) is 0 Å². The molecule has 1 aromatic heterocycles. The van der Waals surface area contributed by atoms with Crippen LogP contribution in [0.5, 0.6) is 11.6 Å². The van der Waals surface area contributed by atoms with Crippen LogP contribution in [0.25, 0.3) is 0 Å². The van der Waals surface area contributed by atoms with Crippen molar-refractivity contribution in [1.29, 1.82) is 0 Å². The number of carbonyl (C=O) groups is 1. The van der Waals surface area contributed by atoms with Gasteiger partial charge in [-0.3, -0.25) is 14.9 Å². The molecule has 3 rings (SSSR count). The molecule has 0 unspecified atom stereocenters. The average molecular weight is 418 g/mol. The number of hydrogen-bond donors (Lipinski definition) is 1. The van der Waals surface area contributed by atoms with Crippen LogP contribution >= 0.6 is 0 Å². The van der Waals surface area contributed by atoms with E-state index in [1.54, 1.807) is 0 Å². The minimum absolute atomic E-state index is 0.0966. The van der Waals surface area contributed by atoms with Crippen LogP contribution in [0.4, 0.5) is 24.5 Å². The van der Waals surface area contributed by atoms with Gasteiger partial charge in [0.25, 0.3) is 11.6 Å². The number of halogens is 3. The standard InChI is InChI=1S/C19H13F3N4O4/c1-11-23-16(19(20,21)22)10-17(24-11)30-15-7-5-13(6-8-15)25-18(27)12-3-2-4-14(9-12)26(28)29/h2-10H,1H3,(H,25,27). The van der Waals surface area contributed by atoms with Crippen LogP contribution in [0.15, 0.2) is 54.6 Å². The molecule has 0 atom stereocenters. The molecule has 1 amide bonds. The number of hydrogen-bond acceptors (Lipinski definition) is 6. The van der Waals surface area contributed by atoms with Crippen LogP contribution in [-0.4, -0.2) is 20.8 Å². The lowest BCUT2D eigenvalue weighted by atomic mass is 10.2. The normalized spacial score (nSPS) is 11.1. The number of anilines is 1. The first kappa shape index (κ1) is 20.7. The van der Waals surface area contributed by atoms with Crippen LogP contribution in [0, 0.1) is 17.0 Å². The lowest BCUT2D eigenvalue weighted by Gasteiger charge is -2.10. The second-order valence-electron chi connectivity index (χ2n) is 6.02. The van der Waals surface area contributed by atoms with E-state index in [2.05, 4.69) is 15.3 Å². The fraction of sp³-hybridized carbons (Fsp3) is 0.105. The number of non-ortho nitro benzene ring substituents is 1. The van der Waals surface area contributed by atoms with Crippen LogP contribution in [-0.2, 0) is 6.18 Å². The maximum absolute atomic E-state index is 12.8. The van der Waals surface area contributed by atoms with Gasteiger partial charge in [-0.25, -0.2) is 4.98 Å². The first-order chi connectivity index (χ1) is 14.1. The Labute approximate surface area is 167 Å². The predicted octanol–water partition coefficient (Wildman–Crippen LogP) is 4.76. The average Bonchev–Trinajstić information content (AvgIpc) is 2.68.